The highest BCUT2D eigenvalue weighted by Gasteiger charge is 2.03. The van der Waals surface area contributed by atoms with Gasteiger partial charge in [0.25, 0.3) is 0 Å². The fraction of sp³-hybridized carbons (Fsp3) is 0.250. The first-order valence-corrected chi connectivity index (χ1v) is 6.10. The van der Waals surface area contributed by atoms with Crippen LogP contribution < -0.4 is 4.74 Å². The first kappa shape index (κ1) is 11.4. The number of ether oxygens (including phenoxy) is 1. The molecule has 3 nitrogen and oxygen atoms in total. The van der Waals surface area contributed by atoms with Gasteiger partial charge in [-0.2, -0.15) is 5.10 Å². The Morgan fingerprint density at radius 3 is 2.50 bits per heavy atom. The highest BCUT2D eigenvalue weighted by molar-refractivity contribution is 14.1. The van der Waals surface area contributed by atoms with E-state index < -0.39 is 0 Å². The minimum absolute atomic E-state index is 0.802. The molecule has 2 aromatic rings. The summed E-state index contributed by atoms with van der Waals surface area (Å²) >= 11 is 2.30. The highest BCUT2D eigenvalue weighted by atomic mass is 127. The van der Waals surface area contributed by atoms with E-state index in [9.17, 15) is 0 Å². The Hall–Kier alpha value is -1.04. The third kappa shape index (κ3) is 2.55. The molecule has 16 heavy (non-hydrogen) atoms. The molecule has 0 atom stereocenters. The molecular weight excluding hydrogens is 315 g/mol. The number of aromatic nitrogens is 2. The second-order valence-electron chi connectivity index (χ2n) is 3.61. The number of halogens is 1. The second kappa shape index (κ2) is 4.86. The molecule has 0 saturated heterocycles. The maximum Gasteiger partial charge on any atom is 0.118 e. The summed E-state index contributed by atoms with van der Waals surface area (Å²) in [6.07, 6.45) is 0. The van der Waals surface area contributed by atoms with E-state index in [0.717, 1.165) is 21.7 Å². The van der Waals surface area contributed by atoms with Gasteiger partial charge in [0, 0.05) is 0 Å². The Bertz CT molecular complexity index is 476. The quantitative estimate of drug-likeness (QED) is 0.810. The number of hydrogen-bond acceptors (Lipinski definition) is 2. The van der Waals surface area contributed by atoms with Crippen molar-refractivity contribution in [2.75, 3.05) is 7.11 Å². The van der Waals surface area contributed by atoms with Crippen molar-refractivity contribution >= 4 is 22.6 Å². The zero-order valence-electron chi connectivity index (χ0n) is 9.27. The molecule has 0 bridgehead atoms. The molecule has 0 saturated carbocycles. The van der Waals surface area contributed by atoms with Gasteiger partial charge in [0.2, 0.25) is 0 Å². The van der Waals surface area contributed by atoms with Crippen LogP contribution in [-0.4, -0.2) is 16.9 Å². The van der Waals surface area contributed by atoms with Crippen molar-refractivity contribution < 1.29 is 4.74 Å². The van der Waals surface area contributed by atoms with Crippen LogP contribution in [0.25, 0.3) is 0 Å². The molecule has 0 aliphatic rings. The zero-order chi connectivity index (χ0) is 11.5. The first-order valence-electron chi connectivity index (χ1n) is 5.02. The molecule has 0 fully saturated rings. The van der Waals surface area contributed by atoms with Gasteiger partial charge in [-0.3, -0.25) is 4.68 Å². The number of nitrogens with zero attached hydrogens (tertiary/aromatic N) is 2. The molecule has 0 aliphatic carbocycles. The van der Waals surface area contributed by atoms with E-state index in [2.05, 4.69) is 45.9 Å². The first-order chi connectivity index (χ1) is 7.69. The van der Waals surface area contributed by atoms with Gasteiger partial charge in [-0.25, -0.2) is 0 Å². The number of aryl methyl sites for hydroxylation is 1. The molecule has 0 spiro atoms. The van der Waals surface area contributed by atoms with Crippen LogP contribution in [-0.2, 0) is 6.54 Å². The molecule has 0 unspecified atom stereocenters. The Kier molecular flexibility index (Phi) is 3.48. The Morgan fingerprint density at radius 2 is 2.00 bits per heavy atom. The molecule has 0 N–H and O–H groups in total. The summed E-state index contributed by atoms with van der Waals surface area (Å²) in [6, 6.07) is 10.1. The summed E-state index contributed by atoms with van der Waals surface area (Å²) in [5.74, 6) is 0.884. The van der Waals surface area contributed by atoms with Gasteiger partial charge in [-0.15, -0.1) is 0 Å². The molecule has 1 aromatic heterocycles. The number of benzene rings is 1. The molecule has 84 valence electrons. The minimum atomic E-state index is 0.802. The fourth-order valence-electron chi connectivity index (χ4n) is 1.53. The van der Waals surface area contributed by atoms with E-state index in [4.69, 9.17) is 4.74 Å². The van der Waals surface area contributed by atoms with Crippen molar-refractivity contribution in [2.24, 2.45) is 0 Å². The van der Waals surface area contributed by atoms with E-state index in [1.165, 1.54) is 5.56 Å². The zero-order valence-corrected chi connectivity index (χ0v) is 11.4. The van der Waals surface area contributed by atoms with Gasteiger partial charge < -0.3 is 4.74 Å². The average Bonchev–Trinajstić information content (AvgIpc) is 2.59. The summed E-state index contributed by atoms with van der Waals surface area (Å²) < 4.78 is 8.28. The maximum absolute atomic E-state index is 5.12. The second-order valence-corrected chi connectivity index (χ2v) is 4.72. The molecule has 0 radical (unpaired) electrons. The minimum Gasteiger partial charge on any atom is -0.497 e. The Balaban J connectivity index is 2.17. The predicted octanol–water partition coefficient (Wildman–Crippen LogP) is 2.85. The van der Waals surface area contributed by atoms with Crippen molar-refractivity contribution in [3.63, 3.8) is 0 Å². The lowest BCUT2D eigenvalue weighted by molar-refractivity contribution is 0.414. The topological polar surface area (TPSA) is 27.1 Å². The number of methoxy groups -OCH3 is 1. The summed E-state index contributed by atoms with van der Waals surface area (Å²) in [6.45, 7) is 2.81. The van der Waals surface area contributed by atoms with Crippen molar-refractivity contribution in [2.45, 2.75) is 13.5 Å². The van der Waals surface area contributed by atoms with Crippen LogP contribution in [0.5, 0.6) is 5.75 Å². The maximum atomic E-state index is 5.12. The number of rotatable bonds is 3. The monoisotopic (exact) mass is 328 g/mol. The van der Waals surface area contributed by atoms with Gasteiger partial charge in [0.05, 0.1) is 23.0 Å². The van der Waals surface area contributed by atoms with Crippen LogP contribution in [0.2, 0.25) is 0 Å². The van der Waals surface area contributed by atoms with Crippen molar-refractivity contribution in [1.82, 2.24) is 9.78 Å². The van der Waals surface area contributed by atoms with Gasteiger partial charge in [-0.1, -0.05) is 12.1 Å². The highest BCUT2D eigenvalue weighted by Crippen LogP contribution is 2.14. The molecular formula is C12H13IN2O. The normalized spacial score (nSPS) is 10.4. The van der Waals surface area contributed by atoms with E-state index in [0.29, 0.717) is 0 Å². The average molecular weight is 328 g/mol. The largest absolute Gasteiger partial charge is 0.497 e. The third-order valence-electron chi connectivity index (χ3n) is 2.34. The van der Waals surface area contributed by atoms with Gasteiger partial charge in [-0.05, 0) is 53.3 Å². The molecule has 0 aliphatic heterocycles. The van der Waals surface area contributed by atoms with E-state index >= 15 is 0 Å². The van der Waals surface area contributed by atoms with Crippen LogP contribution in [0, 0.1) is 10.6 Å². The van der Waals surface area contributed by atoms with Crippen molar-refractivity contribution in [3.05, 3.63) is 45.3 Å². The Morgan fingerprint density at radius 1 is 1.31 bits per heavy atom. The lowest BCUT2D eigenvalue weighted by Gasteiger charge is -2.05. The predicted molar refractivity (Wildman–Crippen MR) is 71.8 cm³/mol. The van der Waals surface area contributed by atoms with E-state index in [1.54, 1.807) is 7.11 Å². The molecule has 2 rings (SSSR count). The van der Waals surface area contributed by atoms with Gasteiger partial charge in [0.1, 0.15) is 5.75 Å². The molecule has 4 heteroatoms. The lowest BCUT2D eigenvalue weighted by atomic mass is 10.2. The fourth-order valence-corrected chi connectivity index (χ4v) is 2.26. The van der Waals surface area contributed by atoms with Crippen LogP contribution in [0.15, 0.2) is 30.3 Å². The Labute approximate surface area is 109 Å². The van der Waals surface area contributed by atoms with Crippen LogP contribution in [0.4, 0.5) is 0 Å². The van der Waals surface area contributed by atoms with Crippen molar-refractivity contribution in [3.8, 4) is 5.75 Å². The SMILES string of the molecule is COc1ccc(Cn2nc(C)cc2I)cc1. The van der Waals surface area contributed by atoms with E-state index in [-0.39, 0.29) is 0 Å². The van der Waals surface area contributed by atoms with Crippen LogP contribution in [0.3, 0.4) is 0 Å². The molecule has 1 heterocycles. The van der Waals surface area contributed by atoms with Crippen LogP contribution >= 0.6 is 22.6 Å². The van der Waals surface area contributed by atoms with E-state index in [1.807, 2.05) is 23.7 Å². The van der Waals surface area contributed by atoms with Crippen LogP contribution in [0.1, 0.15) is 11.3 Å². The summed E-state index contributed by atoms with van der Waals surface area (Å²) in [4.78, 5) is 0. The molecule has 1 aromatic carbocycles. The third-order valence-corrected chi connectivity index (χ3v) is 3.21. The lowest BCUT2D eigenvalue weighted by Crippen LogP contribution is -2.03. The smallest absolute Gasteiger partial charge is 0.118 e. The van der Waals surface area contributed by atoms with Crippen molar-refractivity contribution in [1.29, 1.82) is 0 Å². The van der Waals surface area contributed by atoms with Gasteiger partial charge >= 0.3 is 0 Å². The summed E-state index contributed by atoms with van der Waals surface area (Å²) in [5.41, 5.74) is 2.28. The summed E-state index contributed by atoms with van der Waals surface area (Å²) in [7, 11) is 1.68. The summed E-state index contributed by atoms with van der Waals surface area (Å²) in [5, 5.41) is 4.43. The number of hydrogen-bond donors (Lipinski definition) is 0. The van der Waals surface area contributed by atoms with Gasteiger partial charge in [0.15, 0.2) is 0 Å². The standard InChI is InChI=1S/C12H13IN2O/c1-9-7-12(13)15(14-9)8-10-3-5-11(16-2)6-4-10/h3-7H,8H2,1-2H3. The molecule has 0 amide bonds.